The fourth-order valence-corrected chi connectivity index (χ4v) is 2.91. The predicted octanol–water partition coefficient (Wildman–Crippen LogP) is 5.42. The normalized spacial score (nSPS) is 10.7. The molecule has 0 saturated heterocycles. The highest BCUT2D eigenvalue weighted by Crippen LogP contribution is 2.26. The molecule has 2 aromatic carbocycles. The highest BCUT2D eigenvalue weighted by molar-refractivity contribution is 9.10. The Kier molecular flexibility index (Phi) is 4.89. The number of benzene rings is 2. The van der Waals surface area contributed by atoms with Gasteiger partial charge in [-0.3, -0.25) is 4.79 Å². The van der Waals surface area contributed by atoms with Crippen molar-refractivity contribution in [2.45, 2.75) is 6.61 Å². The van der Waals surface area contributed by atoms with Gasteiger partial charge in [-0.15, -0.1) is 0 Å². The molecule has 6 heteroatoms. The molecule has 0 radical (unpaired) electrons. The Morgan fingerprint density at radius 3 is 2.74 bits per heavy atom. The number of hydrogen-bond donors (Lipinski definition) is 1. The van der Waals surface area contributed by atoms with E-state index >= 15 is 0 Å². The summed E-state index contributed by atoms with van der Waals surface area (Å²) >= 11 is 3.30. The molecular formula is C21H15BrN2O3. The van der Waals surface area contributed by atoms with Crippen LogP contribution in [-0.2, 0) is 6.61 Å². The molecule has 134 valence electrons. The molecule has 0 aliphatic rings. The van der Waals surface area contributed by atoms with Gasteiger partial charge >= 0.3 is 0 Å². The van der Waals surface area contributed by atoms with Crippen LogP contribution in [0.4, 0.5) is 5.82 Å². The predicted molar refractivity (Wildman–Crippen MR) is 107 cm³/mol. The number of fused-ring (bicyclic) bond motifs is 1. The van der Waals surface area contributed by atoms with Gasteiger partial charge in [0.2, 0.25) is 0 Å². The molecule has 5 nitrogen and oxygen atoms in total. The van der Waals surface area contributed by atoms with Crippen LogP contribution in [-0.4, -0.2) is 10.9 Å². The van der Waals surface area contributed by atoms with Gasteiger partial charge in [0.1, 0.15) is 23.9 Å². The van der Waals surface area contributed by atoms with E-state index in [1.807, 2.05) is 42.5 Å². The van der Waals surface area contributed by atoms with Gasteiger partial charge < -0.3 is 14.5 Å². The van der Waals surface area contributed by atoms with E-state index in [0.717, 1.165) is 21.0 Å². The average Bonchev–Trinajstić information content (AvgIpc) is 3.17. The van der Waals surface area contributed by atoms with Crippen molar-refractivity contribution in [2.75, 3.05) is 5.32 Å². The number of anilines is 1. The number of halogens is 1. The van der Waals surface area contributed by atoms with Crippen molar-refractivity contribution in [1.82, 2.24) is 4.98 Å². The number of pyridine rings is 1. The molecule has 1 N–H and O–H groups in total. The lowest BCUT2D eigenvalue weighted by molar-refractivity contribution is 0.0992. The molecule has 4 rings (SSSR count). The summed E-state index contributed by atoms with van der Waals surface area (Å²) in [6, 6.07) is 20.8. The maximum Gasteiger partial charge on any atom is 0.292 e. The zero-order valence-corrected chi connectivity index (χ0v) is 15.8. The number of nitrogens with zero attached hydrogens (tertiary/aromatic N) is 1. The number of amides is 1. The summed E-state index contributed by atoms with van der Waals surface area (Å²) in [5.74, 6) is 1.64. The van der Waals surface area contributed by atoms with Gasteiger partial charge in [0.05, 0.1) is 0 Å². The molecule has 0 unspecified atom stereocenters. The smallest absolute Gasteiger partial charge is 0.292 e. The third-order valence-corrected chi connectivity index (χ3v) is 4.44. The first-order chi connectivity index (χ1) is 13.2. The lowest BCUT2D eigenvalue weighted by atomic mass is 10.1. The quantitative estimate of drug-likeness (QED) is 0.466. The fourth-order valence-electron chi connectivity index (χ4n) is 2.68. The van der Waals surface area contributed by atoms with E-state index in [-0.39, 0.29) is 18.3 Å². The number of nitrogens with one attached hydrogen (secondary N) is 1. The number of furan rings is 1. The van der Waals surface area contributed by atoms with Gasteiger partial charge in [-0.2, -0.15) is 0 Å². The summed E-state index contributed by atoms with van der Waals surface area (Å²) < 4.78 is 12.3. The van der Waals surface area contributed by atoms with E-state index < -0.39 is 0 Å². The van der Waals surface area contributed by atoms with Gasteiger partial charge in [0.25, 0.3) is 5.91 Å². The lowest BCUT2D eigenvalue weighted by Crippen LogP contribution is -2.11. The number of carbonyl (C=O) groups excluding carboxylic acids is 1. The van der Waals surface area contributed by atoms with Crippen molar-refractivity contribution in [3.05, 3.63) is 88.9 Å². The Hall–Kier alpha value is -3.12. The Morgan fingerprint density at radius 1 is 1.04 bits per heavy atom. The van der Waals surface area contributed by atoms with Crippen LogP contribution >= 0.6 is 15.9 Å². The van der Waals surface area contributed by atoms with Crippen LogP contribution in [0.25, 0.3) is 10.8 Å². The van der Waals surface area contributed by atoms with Crippen LogP contribution in [0, 0.1) is 0 Å². The second-order valence-corrected chi connectivity index (χ2v) is 6.76. The minimum Gasteiger partial charge on any atom is -0.485 e. The van der Waals surface area contributed by atoms with E-state index in [1.165, 1.54) is 0 Å². The molecule has 0 saturated carbocycles. The highest BCUT2D eigenvalue weighted by Gasteiger charge is 2.13. The van der Waals surface area contributed by atoms with E-state index in [4.69, 9.17) is 9.15 Å². The molecule has 27 heavy (non-hydrogen) atoms. The first-order valence-corrected chi connectivity index (χ1v) is 9.10. The van der Waals surface area contributed by atoms with Crippen molar-refractivity contribution >= 4 is 38.4 Å². The van der Waals surface area contributed by atoms with Gasteiger partial charge in [-0.25, -0.2) is 4.98 Å². The van der Waals surface area contributed by atoms with Crippen LogP contribution in [0.2, 0.25) is 0 Å². The fraction of sp³-hybridized carbons (Fsp3) is 0.0476. The monoisotopic (exact) mass is 422 g/mol. The summed E-state index contributed by atoms with van der Waals surface area (Å²) in [4.78, 5) is 16.4. The van der Waals surface area contributed by atoms with Gasteiger partial charge in [-0.1, -0.05) is 36.4 Å². The minimum absolute atomic E-state index is 0.205. The zero-order chi connectivity index (χ0) is 18.6. The molecule has 1 amide bonds. The van der Waals surface area contributed by atoms with E-state index in [2.05, 4.69) is 26.2 Å². The zero-order valence-electron chi connectivity index (χ0n) is 14.2. The number of carbonyl (C=O) groups is 1. The largest absolute Gasteiger partial charge is 0.485 e. The second-order valence-electron chi connectivity index (χ2n) is 5.85. The molecule has 0 fully saturated rings. The maximum absolute atomic E-state index is 12.3. The molecule has 4 aromatic rings. The highest BCUT2D eigenvalue weighted by atomic mass is 79.9. The number of ether oxygens (including phenoxy) is 1. The first-order valence-electron chi connectivity index (χ1n) is 8.31. The average molecular weight is 423 g/mol. The minimum atomic E-state index is -0.360. The maximum atomic E-state index is 12.3. The second kappa shape index (κ2) is 7.63. The molecule has 0 aliphatic heterocycles. The Morgan fingerprint density at radius 2 is 1.89 bits per heavy atom. The van der Waals surface area contributed by atoms with Gasteiger partial charge in [-0.05, 0) is 51.6 Å². The summed E-state index contributed by atoms with van der Waals surface area (Å²) in [6.45, 7) is 0.234. The van der Waals surface area contributed by atoms with Crippen LogP contribution < -0.4 is 10.1 Å². The van der Waals surface area contributed by atoms with E-state index in [0.29, 0.717) is 11.6 Å². The van der Waals surface area contributed by atoms with Crippen molar-refractivity contribution in [2.24, 2.45) is 0 Å². The van der Waals surface area contributed by atoms with Crippen LogP contribution in [0.3, 0.4) is 0 Å². The topological polar surface area (TPSA) is 64.4 Å². The van der Waals surface area contributed by atoms with E-state index in [9.17, 15) is 4.79 Å². The summed E-state index contributed by atoms with van der Waals surface area (Å²) in [7, 11) is 0. The van der Waals surface area contributed by atoms with Crippen molar-refractivity contribution in [3.63, 3.8) is 0 Å². The molecule has 2 aromatic heterocycles. The van der Waals surface area contributed by atoms with Gasteiger partial charge in [0, 0.05) is 16.1 Å². The molecular weight excluding hydrogens is 408 g/mol. The molecule has 0 spiro atoms. The molecule has 0 bridgehead atoms. The summed E-state index contributed by atoms with van der Waals surface area (Å²) in [5, 5.41) is 4.83. The summed E-state index contributed by atoms with van der Waals surface area (Å²) in [5.41, 5.74) is 0. The number of rotatable bonds is 5. The van der Waals surface area contributed by atoms with Crippen molar-refractivity contribution in [1.29, 1.82) is 0 Å². The third-order valence-electron chi connectivity index (χ3n) is 3.97. The first kappa shape index (κ1) is 17.3. The van der Waals surface area contributed by atoms with Crippen LogP contribution in [0.1, 0.15) is 16.3 Å². The Balaban J connectivity index is 1.43. The Bertz CT molecular complexity index is 1080. The SMILES string of the molecule is O=C(Nc1ccc(Br)cn1)c1ccc(COc2cccc3ccccc23)o1. The molecule has 2 heterocycles. The van der Waals surface area contributed by atoms with Crippen molar-refractivity contribution in [3.8, 4) is 5.75 Å². The van der Waals surface area contributed by atoms with Crippen LogP contribution in [0.15, 0.2) is 81.8 Å². The Labute approximate surface area is 164 Å². The van der Waals surface area contributed by atoms with Crippen molar-refractivity contribution < 1.29 is 13.9 Å². The number of hydrogen-bond acceptors (Lipinski definition) is 4. The molecule has 0 aliphatic carbocycles. The standard InChI is InChI=1S/C21H15BrN2O3/c22-15-8-11-20(23-12-15)24-21(25)19-10-9-16(27-19)13-26-18-7-3-5-14-4-1-2-6-17(14)18/h1-12H,13H2,(H,23,24,25). The third kappa shape index (κ3) is 4.01. The van der Waals surface area contributed by atoms with Crippen LogP contribution in [0.5, 0.6) is 5.75 Å². The number of aromatic nitrogens is 1. The summed E-state index contributed by atoms with van der Waals surface area (Å²) in [6.07, 6.45) is 1.61. The molecule has 0 atom stereocenters. The van der Waals surface area contributed by atoms with Gasteiger partial charge in [0.15, 0.2) is 5.76 Å². The van der Waals surface area contributed by atoms with E-state index in [1.54, 1.807) is 30.5 Å². The lowest BCUT2D eigenvalue weighted by Gasteiger charge is -2.08.